The molecule has 2 amide bonds. The SMILES string of the molecule is CCc1ncc(OC)cc1-c1ccc(NC(=O)[C@@H](NC(=O)C(/C=C\N)=NC(C)C)C(C2CC2)C2CC2)nc1F. The molecular formula is C29H37FN6O3. The average Bonchev–Trinajstić information content (AvgIpc) is 3.83. The molecule has 0 aromatic carbocycles. The number of halogens is 1. The van der Waals surface area contributed by atoms with Crippen molar-refractivity contribution in [3.05, 3.63) is 48.3 Å². The van der Waals surface area contributed by atoms with Gasteiger partial charge in [-0.2, -0.15) is 4.39 Å². The molecule has 4 N–H and O–H groups in total. The number of carbonyl (C=O) groups excluding carboxylic acids is 2. The number of carbonyl (C=O) groups is 2. The van der Waals surface area contributed by atoms with Crippen molar-refractivity contribution in [2.24, 2.45) is 28.5 Å². The molecule has 4 rings (SSSR count). The van der Waals surface area contributed by atoms with Crippen molar-refractivity contribution in [1.82, 2.24) is 15.3 Å². The summed E-state index contributed by atoms with van der Waals surface area (Å²) in [6, 6.07) is 3.91. The summed E-state index contributed by atoms with van der Waals surface area (Å²) in [6.45, 7) is 5.64. The fraction of sp³-hybridized carbons (Fsp3) is 0.483. The molecule has 2 heterocycles. The van der Waals surface area contributed by atoms with Crippen LogP contribution >= 0.6 is 0 Å². The van der Waals surface area contributed by atoms with Crippen molar-refractivity contribution >= 4 is 23.3 Å². The van der Waals surface area contributed by atoms with Crippen molar-refractivity contribution < 1.29 is 18.7 Å². The number of amides is 2. The molecule has 2 aliphatic rings. The summed E-state index contributed by atoms with van der Waals surface area (Å²) >= 11 is 0. The quantitative estimate of drug-likeness (QED) is 0.277. The lowest BCUT2D eigenvalue weighted by Crippen LogP contribution is -2.51. The zero-order valence-corrected chi connectivity index (χ0v) is 22.9. The van der Waals surface area contributed by atoms with Crippen LogP contribution in [0.15, 0.2) is 41.7 Å². The van der Waals surface area contributed by atoms with Gasteiger partial charge in [-0.05, 0) is 94.2 Å². The number of ether oxygens (including phenoxy) is 1. The van der Waals surface area contributed by atoms with E-state index in [0.717, 1.165) is 25.7 Å². The van der Waals surface area contributed by atoms with Crippen molar-refractivity contribution in [2.75, 3.05) is 12.4 Å². The third-order valence-corrected chi connectivity index (χ3v) is 7.08. The van der Waals surface area contributed by atoms with Crippen LogP contribution in [0.4, 0.5) is 10.2 Å². The predicted molar refractivity (Wildman–Crippen MR) is 149 cm³/mol. The number of nitrogens with two attached hydrogens (primary N) is 1. The molecule has 2 aromatic heterocycles. The molecule has 0 radical (unpaired) electrons. The Morgan fingerprint density at radius 3 is 2.44 bits per heavy atom. The molecule has 1 atom stereocenters. The van der Waals surface area contributed by atoms with Crippen LogP contribution in [0.25, 0.3) is 11.1 Å². The van der Waals surface area contributed by atoms with E-state index < -0.39 is 23.8 Å². The van der Waals surface area contributed by atoms with Crippen LogP contribution in [-0.2, 0) is 16.0 Å². The molecule has 0 aliphatic heterocycles. The van der Waals surface area contributed by atoms with Crippen LogP contribution in [0.5, 0.6) is 5.75 Å². The highest BCUT2D eigenvalue weighted by Crippen LogP contribution is 2.50. The van der Waals surface area contributed by atoms with Gasteiger partial charge >= 0.3 is 0 Å². The Hall–Kier alpha value is -3.82. The zero-order chi connectivity index (χ0) is 28.1. The Kier molecular flexibility index (Phi) is 8.93. The van der Waals surface area contributed by atoms with Gasteiger partial charge in [0.2, 0.25) is 11.9 Å². The predicted octanol–water partition coefficient (Wildman–Crippen LogP) is 4.04. The van der Waals surface area contributed by atoms with Crippen molar-refractivity contribution in [1.29, 1.82) is 0 Å². The Morgan fingerprint density at radius 2 is 1.90 bits per heavy atom. The summed E-state index contributed by atoms with van der Waals surface area (Å²) in [4.78, 5) is 39.5. The summed E-state index contributed by atoms with van der Waals surface area (Å²) in [5, 5.41) is 5.67. The van der Waals surface area contributed by atoms with E-state index in [2.05, 4.69) is 25.6 Å². The van der Waals surface area contributed by atoms with E-state index in [0.29, 0.717) is 35.3 Å². The van der Waals surface area contributed by atoms with Gasteiger partial charge < -0.3 is 21.1 Å². The Bertz CT molecular complexity index is 1260. The normalized spacial score (nSPS) is 16.5. The Morgan fingerprint density at radius 1 is 1.21 bits per heavy atom. The number of hydrogen-bond donors (Lipinski definition) is 3. The number of methoxy groups -OCH3 is 1. The van der Waals surface area contributed by atoms with Gasteiger partial charge in [0.05, 0.1) is 13.3 Å². The number of nitrogens with zero attached hydrogens (tertiary/aromatic N) is 3. The third-order valence-electron chi connectivity index (χ3n) is 7.08. The average molecular weight is 537 g/mol. The summed E-state index contributed by atoms with van der Waals surface area (Å²) in [6.07, 6.45) is 8.96. The first-order chi connectivity index (χ1) is 18.7. The Balaban J connectivity index is 1.59. The summed E-state index contributed by atoms with van der Waals surface area (Å²) in [7, 11) is 1.52. The largest absolute Gasteiger partial charge is 0.495 e. The topological polar surface area (TPSA) is 132 Å². The molecule has 10 heteroatoms. The molecule has 0 saturated heterocycles. The maximum absolute atomic E-state index is 15.3. The first kappa shape index (κ1) is 28.2. The number of aromatic nitrogens is 2. The molecule has 0 spiro atoms. The van der Waals surface area contributed by atoms with E-state index in [-0.39, 0.29) is 29.1 Å². The van der Waals surface area contributed by atoms with Gasteiger partial charge in [0.25, 0.3) is 5.91 Å². The number of nitrogens with one attached hydrogen (secondary N) is 2. The number of pyridine rings is 2. The van der Waals surface area contributed by atoms with Crippen molar-refractivity contribution in [3.8, 4) is 16.9 Å². The number of anilines is 1. The van der Waals surface area contributed by atoms with E-state index >= 15 is 4.39 Å². The van der Waals surface area contributed by atoms with E-state index in [1.54, 1.807) is 24.4 Å². The monoisotopic (exact) mass is 536 g/mol. The number of hydrogen-bond acceptors (Lipinski definition) is 7. The molecule has 9 nitrogen and oxygen atoms in total. The summed E-state index contributed by atoms with van der Waals surface area (Å²) in [5.41, 5.74) is 7.24. The molecule has 2 saturated carbocycles. The second-order valence-electron chi connectivity index (χ2n) is 10.4. The number of aliphatic imine (C=N–C) groups is 1. The zero-order valence-electron chi connectivity index (χ0n) is 22.9. The van der Waals surface area contributed by atoms with Crippen LogP contribution in [0.2, 0.25) is 0 Å². The highest BCUT2D eigenvalue weighted by atomic mass is 19.1. The van der Waals surface area contributed by atoms with Crippen LogP contribution in [-0.4, -0.2) is 46.7 Å². The minimum atomic E-state index is -0.806. The lowest BCUT2D eigenvalue weighted by atomic mass is 9.88. The van der Waals surface area contributed by atoms with Gasteiger partial charge in [-0.15, -0.1) is 0 Å². The lowest BCUT2D eigenvalue weighted by Gasteiger charge is -2.27. The van der Waals surface area contributed by atoms with Crippen molar-refractivity contribution in [3.63, 3.8) is 0 Å². The van der Waals surface area contributed by atoms with Crippen LogP contribution in [0, 0.1) is 23.7 Å². The van der Waals surface area contributed by atoms with Gasteiger partial charge in [-0.25, -0.2) is 4.98 Å². The van der Waals surface area contributed by atoms with Crippen molar-refractivity contribution in [2.45, 2.75) is 65.0 Å². The molecule has 208 valence electrons. The van der Waals surface area contributed by atoms with Crippen LogP contribution < -0.4 is 21.1 Å². The molecule has 2 aromatic rings. The standard InChI is InChI=1S/C29H37FN6O3/c1-5-22-21(14-19(39-4)15-32-22)20-10-11-24(34-27(20)30)35-29(38)26(25(17-6-7-17)18-8-9-18)36-28(37)23(12-13-31)33-16(2)3/h10-18,25-26H,5-9,31H2,1-4H3,(H,36,37)(H,34,35,38)/b13-12-,33-23?/t26-/m0/s1. The van der Waals surface area contributed by atoms with Gasteiger partial charge in [-0.1, -0.05) is 6.92 Å². The third kappa shape index (κ3) is 6.99. The lowest BCUT2D eigenvalue weighted by molar-refractivity contribution is -0.124. The molecule has 2 fully saturated rings. The first-order valence-corrected chi connectivity index (χ1v) is 13.5. The smallest absolute Gasteiger partial charge is 0.270 e. The van der Waals surface area contributed by atoms with E-state index in [1.165, 1.54) is 19.4 Å². The Labute approximate surface area is 228 Å². The molecule has 2 aliphatic carbocycles. The molecule has 0 unspecified atom stereocenters. The minimum absolute atomic E-state index is 0.00445. The van der Waals surface area contributed by atoms with E-state index in [1.807, 2.05) is 20.8 Å². The van der Waals surface area contributed by atoms with Gasteiger partial charge in [0.15, 0.2) is 0 Å². The highest BCUT2D eigenvalue weighted by Gasteiger charge is 2.48. The van der Waals surface area contributed by atoms with E-state index in [4.69, 9.17) is 10.5 Å². The molecular weight excluding hydrogens is 499 g/mol. The van der Waals surface area contributed by atoms with Crippen LogP contribution in [0.1, 0.15) is 52.1 Å². The van der Waals surface area contributed by atoms with E-state index in [9.17, 15) is 9.59 Å². The summed E-state index contributed by atoms with van der Waals surface area (Å²) < 4.78 is 20.5. The van der Waals surface area contributed by atoms with Gasteiger partial charge in [-0.3, -0.25) is 19.6 Å². The van der Waals surface area contributed by atoms with Crippen LogP contribution in [0.3, 0.4) is 0 Å². The molecule has 39 heavy (non-hydrogen) atoms. The number of rotatable bonds is 12. The van der Waals surface area contributed by atoms with Gasteiger partial charge in [0.1, 0.15) is 23.3 Å². The second-order valence-corrected chi connectivity index (χ2v) is 10.4. The fourth-order valence-corrected chi connectivity index (χ4v) is 5.00. The summed E-state index contributed by atoms with van der Waals surface area (Å²) in [5.74, 6) is -0.331. The van der Waals surface area contributed by atoms with Gasteiger partial charge in [0, 0.05) is 22.9 Å². The highest BCUT2D eigenvalue weighted by molar-refractivity contribution is 6.43. The minimum Gasteiger partial charge on any atom is -0.495 e. The second kappa shape index (κ2) is 12.4. The fourth-order valence-electron chi connectivity index (χ4n) is 5.00. The molecule has 0 bridgehead atoms. The maximum Gasteiger partial charge on any atom is 0.270 e. The maximum atomic E-state index is 15.3. The number of aryl methyl sites for hydroxylation is 1. The first-order valence-electron chi connectivity index (χ1n) is 13.5.